The second-order valence-corrected chi connectivity index (χ2v) is 6.02. The van der Waals surface area contributed by atoms with Crippen molar-refractivity contribution in [3.05, 3.63) is 59.4 Å². The van der Waals surface area contributed by atoms with Crippen molar-refractivity contribution in [2.45, 2.75) is 38.8 Å². The van der Waals surface area contributed by atoms with Gasteiger partial charge in [-0.15, -0.1) is 0 Å². The monoisotopic (exact) mass is 281 g/mol. The number of anilines is 1. The zero-order valence-electron chi connectivity index (χ0n) is 12.8. The van der Waals surface area contributed by atoms with Crippen LogP contribution in [0.1, 0.15) is 36.1 Å². The minimum Gasteiger partial charge on any atom is -0.363 e. The van der Waals surface area contributed by atoms with E-state index in [0.717, 1.165) is 13.0 Å². The molecule has 0 saturated carbocycles. The topological polar surface area (TPSA) is 42.2 Å². The molecular weight excluding hydrogens is 258 g/mol. The van der Waals surface area contributed by atoms with Crippen molar-refractivity contribution in [1.82, 2.24) is 4.98 Å². The van der Waals surface area contributed by atoms with Gasteiger partial charge in [0.15, 0.2) is 0 Å². The zero-order valence-corrected chi connectivity index (χ0v) is 12.8. The lowest BCUT2D eigenvalue weighted by atomic mass is 9.93. The van der Waals surface area contributed by atoms with Gasteiger partial charge in [-0.25, -0.2) is 0 Å². The van der Waals surface area contributed by atoms with E-state index >= 15 is 0 Å². The third kappa shape index (κ3) is 2.79. The van der Waals surface area contributed by atoms with Crippen molar-refractivity contribution in [2.24, 2.45) is 5.73 Å². The van der Waals surface area contributed by atoms with Gasteiger partial charge >= 0.3 is 0 Å². The van der Waals surface area contributed by atoms with E-state index in [1.165, 1.54) is 28.8 Å². The standard InChI is InChI=1S/C18H23N3/c1-13-7-8-17-15(11-13)6-4-10-21(17)18(14(2)19)16-5-3-9-20-12-16/h3,5,7-9,11-12,14,18H,4,6,10,19H2,1-2H3. The maximum atomic E-state index is 6.32. The number of rotatable bonds is 3. The number of hydrogen-bond donors (Lipinski definition) is 1. The van der Waals surface area contributed by atoms with Crippen molar-refractivity contribution in [3.63, 3.8) is 0 Å². The van der Waals surface area contributed by atoms with Gasteiger partial charge in [0.1, 0.15) is 0 Å². The lowest BCUT2D eigenvalue weighted by Crippen LogP contribution is -2.42. The lowest BCUT2D eigenvalue weighted by molar-refractivity contribution is 0.509. The molecule has 21 heavy (non-hydrogen) atoms. The molecule has 0 amide bonds. The number of pyridine rings is 1. The highest BCUT2D eigenvalue weighted by Gasteiger charge is 2.28. The van der Waals surface area contributed by atoms with Crippen molar-refractivity contribution in [1.29, 1.82) is 0 Å². The number of nitrogens with two attached hydrogens (primary N) is 1. The second kappa shape index (κ2) is 5.86. The van der Waals surface area contributed by atoms with Gasteiger partial charge in [0, 0.05) is 30.7 Å². The van der Waals surface area contributed by atoms with E-state index in [1.807, 2.05) is 18.5 Å². The summed E-state index contributed by atoms with van der Waals surface area (Å²) in [6, 6.07) is 11.1. The number of nitrogens with zero attached hydrogens (tertiary/aromatic N) is 2. The Kier molecular flexibility index (Phi) is 3.93. The van der Waals surface area contributed by atoms with Crippen LogP contribution in [0.2, 0.25) is 0 Å². The van der Waals surface area contributed by atoms with Gasteiger partial charge in [0.05, 0.1) is 6.04 Å². The smallest absolute Gasteiger partial charge is 0.0705 e. The quantitative estimate of drug-likeness (QED) is 0.939. The molecule has 0 saturated heterocycles. The first kappa shape index (κ1) is 14.1. The first-order chi connectivity index (χ1) is 10.2. The van der Waals surface area contributed by atoms with Crippen LogP contribution in [0.4, 0.5) is 5.69 Å². The van der Waals surface area contributed by atoms with Crippen LogP contribution >= 0.6 is 0 Å². The number of aromatic nitrogens is 1. The largest absolute Gasteiger partial charge is 0.363 e. The zero-order chi connectivity index (χ0) is 14.8. The molecule has 1 aliphatic heterocycles. The van der Waals surface area contributed by atoms with Gasteiger partial charge in [-0.2, -0.15) is 0 Å². The Morgan fingerprint density at radius 1 is 1.29 bits per heavy atom. The molecule has 3 rings (SSSR count). The summed E-state index contributed by atoms with van der Waals surface area (Å²) < 4.78 is 0. The van der Waals surface area contributed by atoms with Gasteiger partial charge in [0.2, 0.25) is 0 Å². The molecule has 1 aromatic heterocycles. The van der Waals surface area contributed by atoms with Gasteiger partial charge in [0.25, 0.3) is 0 Å². The summed E-state index contributed by atoms with van der Waals surface area (Å²) in [5, 5.41) is 0. The predicted molar refractivity (Wildman–Crippen MR) is 87.5 cm³/mol. The second-order valence-electron chi connectivity index (χ2n) is 6.02. The van der Waals surface area contributed by atoms with E-state index in [1.54, 1.807) is 0 Å². The van der Waals surface area contributed by atoms with E-state index in [9.17, 15) is 0 Å². The summed E-state index contributed by atoms with van der Waals surface area (Å²) in [4.78, 5) is 6.73. The van der Waals surface area contributed by atoms with Gasteiger partial charge in [-0.3, -0.25) is 4.98 Å². The van der Waals surface area contributed by atoms with Crippen LogP contribution in [0.3, 0.4) is 0 Å². The molecule has 110 valence electrons. The van der Waals surface area contributed by atoms with Crippen LogP contribution in [-0.4, -0.2) is 17.6 Å². The van der Waals surface area contributed by atoms with Crippen molar-refractivity contribution >= 4 is 5.69 Å². The molecule has 3 heteroatoms. The van der Waals surface area contributed by atoms with E-state index in [0.29, 0.717) is 0 Å². The Morgan fingerprint density at radius 3 is 2.86 bits per heavy atom. The van der Waals surface area contributed by atoms with Gasteiger partial charge in [-0.05, 0) is 49.9 Å². The highest BCUT2D eigenvalue weighted by molar-refractivity contribution is 5.58. The molecule has 0 aliphatic carbocycles. The molecular formula is C18H23N3. The Labute approximate surface area is 126 Å². The van der Waals surface area contributed by atoms with Crippen molar-refractivity contribution in [2.75, 3.05) is 11.4 Å². The van der Waals surface area contributed by atoms with Crippen LogP contribution in [0.25, 0.3) is 0 Å². The first-order valence-electron chi connectivity index (χ1n) is 7.68. The van der Waals surface area contributed by atoms with Crippen molar-refractivity contribution in [3.8, 4) is 0 Å². The summed E-state index contributed by atoms with van der Waals surface area (Å²) in [5.74, 6) is 0. The fourth-order valence-electron chi connectivity index (χ4n) is 3.36. The van der Waals surface area contributed by atoms with Crippen LogP contribution in [-0.2, 0) is 6.42 Å². The summed E-state index contributed by atoms with van der Waals surface area (Å²) in [7, 11) is 0. The average Bonchev–Trinajstić information content (AvgIpc) is 2.48. The third-order valence-corrected chi connectivity index (χ3v) is 4.25. The molecule has 2 N–H and O–H groups in total. The maximum absolute atomic E-state index is 6.32. The summed E-state index contributed by atoms with van der Waals surface area (Å²) in [6.07, 6.45) is 6.10. The molecule has 2 unspecified atom stereocenters. The number of hydrogen-bond acceptors (Lipinski definition) is 3. The fourth-order valence-corrected chi connectivity index (χ4v) is 3.36. The highest BCUT2D eigenvalue weighted by Crippen LogP contribution is 2.35. The Balaban J connectivity index is 2.03. The Morgan fingerprint density at radius 2 is 2.14 bits per heavy atom. The molecule has 0 radical (unpaired) electrons. The van der Waals surface area contributed by atoms with Crippen LogP contribution in [0.15, 0.2) is 42.7 Å². The van der Waals surface area contributed by atoms with E-state index < -0.39 is 0 Å². The summed E-state index contributed by atoms with van der Waals surface area (Å²) >= 11 is 0. The number of fused-ring (bicyclic) bond motifs is 1. The molecule has 1 aliphatic rings. The van der Waals surface area contributed by atoms with E-state index in [2.05, 4.69) is 48.0 Å². The predicted octanol–water partition coefficient (Wildman–Crippen LogP) is 3.23. The van der Waals surface area contributed by atoms with E-state index in [-0.39, 0.29) is 12.1 Å². The lowest BCUT2D eigenvalue weighted by Gasteiger charge is -2.40. The summed E-state index contributed by atoms with van der Waals surface area (Å²) in [5.41, 5.74) is 11.6. The minimum absolute atomic E-state index is 0.0569. The number of benzene rings is 1. The molecule has 2 aromatic rings. The van der Waals surface area contributed by atoms with Crippen molar-refractivity contribution < 1.29 is 0 Å². The Hall–Kier alpha value is -1.87. The SMILES string of the molecule is Cc1ccc2c(c1)CCCN2C(c1cccnc1)C(C)N. The third-order valence-electron chi connectivity index (χ3n) is 4.25. The van der Waals surface area contributed by atoms with Gasteiger partial charge < -0.3 is 10.6 Å². The normalized spacial score (nSPS) is 17.2. The molecule has 0 fully saturated rings. The highest BCUT2D eigenvalue weighted by atomic mass is 15.2. The number of aryl methyl sites for hydroxylation is 2. The molecule has 0 spiro atoms. The van der Waals surface area contributed by atoms with Gasteiger partial charge in [-0.1, -0.05) is 23.8 Å². The molecule has 3 nitrogen and oxygen atoms in total. The minimum atomic E-state index is 0.0569. The van der Waals surface area contributed by atoms with Crippen LogP contribution in [0.5, 0.6) is 0 Å². The van der Waals surface area contributed by atoms with Crippen LogP contribution in [0, 0.1) is 6.92 Å². The Bertz CT molecular complexity index is 607. The first-order valence-corrected chi connectivity index (χ1v) is 7.68. The molecule has 1 aromatic carbocycles. The van der Waals surface area contributed by atoms with Crippen LogP contribution < -0.4 is 10.6 Å². The molecule has 2 heterocycles. The fraction of sp³-hybridized carbons (Fsp3) is 0.389. The molecule has 2 atom stereocenters. The average molecular weight is 281 g/mol. The summed E-state index contributed by atoms with van der Waals surface area (Å²) in [6.45, 7) is 5.29. The maximum Gasteiger partial charge on any atom is 0.0705 e. The molecule has 0 bridgehead atoms. The van der Waals surface area contributed by atoms with E-state index in [4.69, 9.17) is 5.73 Å².